The number of benzene rings is 2. The monoisotopic (exact) mass is 297 g/mol. The number of nitrogens with one attached hydrogen (secondary N) is 1. The van der Waals surface area contributed by atoms with Crippen molar-refractivity contribution in [3.8, 4) is 0 Å². The van der Waals surface area contributed by atoms with E-state index in [2.05, 4.69) is 48.7 Å². The summed E-state index contributed by atoms with van der Waals surface area (Å²) in [6, 6.07) is 10.8. The highest BCUT2D eigenvalue weighted by molar-refractivity contribution is 5.60. The maximum absolute atomic E-state index is 14.2. The van der Waals surface area contributed by atoms with Gasteiger partial charge >= 0.3 is 0 Å². The SMILES string of the molecule is Cc1ccc([C@H]2Nc3c(F)cc(F)cc3C3C=CCC32)cc1. The Bertz CT molecular complexity index is 749. The van der Waals surface area contributed by atoms with E-state index >= 15 is 0 Å². The van der Waals surface area contributed by atoms with E-state index in [1.807, 2.05) is 0 Å². The molecule has 0 saturated heterocycles. The molecule has 4 rings (SSSR count). The average molecular weight is 297 g/mol. The first-order valence-electron chi connectivity index (χ1n) is 7.62. The Kier molecular flexibility index (Phi) is 3.03. The van der Waals surface area contributed by atoms with Gasteiger partial charge in [-0.25, -0.2) is 8.78 Å². The fourth-order valence-corrected chi connectivity index (χ4v) is 3.72. The predicted molar refractivity (Wildman–Crippen MR) is 83.9 cm³/mol. The van der Waals surface area contributed by atoms with E-state index in [0.717, 1.165) is 23.6 Å². The Morgan fingerprint density at radius 1 is 1.09 bits per heavy atom. The van der Waals surface area contributed by atoms with Crippen molar-refractivity contribution >= 4 is 5.69 Å². The van der Waals surface area contributed by atoms with E-state index in [1.54, 1.807) is 0 Å². The van der Waals surface area contributed by atoms with Crippen LogP contribution in [0.2, 0.25) is 0 Å². The Morgan fingerprint density at radius 2 is 1.86 bits per heavy atom. The molecule has 1 aliphatic heterocycles. The van der Waals surface area contributed by atoms with Crippen molar-refractivity contribution in [1.82, 2.24) is 0 Å². The zero-order valence-corrected chi connectivity index (χ0v) is 12.3. The van der Waals surface area contributed by atoms with E-state index in [0.29, 0.717) is 11.6 Å². The van der Waals surface area contributed by atoms with E-state index in [9.17, 15) is 8.78 Å². The van der Waals surface area contributed by atoms with Gasteiger partial charge in [-0.05, 0) is 36.5 Å². The predicted octanol–water partition coefficient (Wildman–Crippen LogP) is 5.10. The number of hydrogen-bond acceptors (Lipinski definition) is 1. The van der Waals surface area contributed by atoms with Gasteiger partial charge in [0.15, 0.2) is 0 Å². The number of allylic oxidation sites excluding steroid dienone is 2. The maximum atomic E-state index is 14.2. The maximum Gasteiger partial charge on any atom is 0.149 e. The van der Waals surface area contributed by atoms with Crippen molar-refractivity contribution in [1.29, 1.82) is 0 Å². The van der Waals surface area contributed by atoms with Gasteiger partial charge in [-0.2, -0.15) is 0 Å². The van der Waals surface area contributed by atoms with Gasteiger partial charge in [0.2, 0.25) is 0 Å². The largest absolute Gasteiger partial charge is 0.375 e. The molecule has 1 nitrogen and oxygen atoms in total. The summed E-state index contributed by atoms with van der Waals surface area (Å²) in [5, 5.41) is 3.32. The lowest BCUT2D eigenvalue weighted by atomic mass is 9.77. The van der Waals surface area contributed by atoms with Crippen LogP contribution >= 0.6 is 0 Å². The molecule has 1 heterocycles. The molecule has 22 heavy (non-hydrogen) atoms. The van der Waals surface area contributed by atoms with Gasteiger partial charge in [0.25, 0.3) is 0 Å². The van der Waals surface area contributed by atoms with Crippen LogP contribution in [-0.4, -0.2) is 0 Å². The third-order valence-corrected chi connectivity index (χ3v) is 4.82. The van der Waals surface area contributed by atoms with Gasteiger partial charge in [0.1, 0.15) is 11.6 Å². The van der Waals surface area contributed by atoms with Crippen LogP contribution in [0.5, 0.6) is 0 Å². The molecule has 0 spiro atoms. The molecule has 2 aromatic rings. The smallest absolute Gasteiger partial charge is 0.149 e. The fraction of sp³-hybridized carbons (Fsp3) is 0.263. The van der Waals surface area contributed by atoms with Gasteiger partial charge in [0.05, 0.1) is 11.7 Å². The van der Waals surface area contributed by atoms with E-state index in [-0.39, 0.29) is 12.0 Å². The molecule has 2 unspecified atom stereocenters. The summed E-state index contributed by atoms with van der Waals surface area (Å²) in [6.07, 6.45) is 5.13. The van der Waals surface area contributed by atoms with Crippen LogP contribution in [0.4, 0.5) is 14.5 Å². The summed E-state index contributed by atoms with van der Waals surface area (Å²) in [7, 11) is 0. The van der Waals surface area contributed by atoms with E-state index < -0.39 is 11.6 Å². The first kappa shape index (κ1) is 13.5. The van der Waals surface area contributed by atoms with Crippen LogP contribution in [0.1, 0.15) is 35.1 Å². The molecule has 3 atom stereocenters. The van der Waals surface area contributed by atoms with Gasteiger partial charge in [-0.3, -0.25) is 0 Å². The Morgan fingerprint density at radius 3 is 2.64 bits per heavy atom. The highest BCUT2D eigenvalue weighted by atomic mass is 19.1. The molecule has 0 saturated carbocycles. The highest BCUT2D eigenvalue weighted by Gasteiger charge is 2.39. The molecule has 0 amide bonds. The van der Waals surface area contributed by atoms with Crippen molar-refractivity contribution in [3.05, 3.63) is 76.9 Å². The first-order valence-corrected chi connectivity index (χ1v) is 7.62. The Hall–Kier alpha value is -2.16. The van der Waals surface area contributed by atoms with Crippen molar-refractivity contribution < 1.29 is 8.78 Å². The Labute approximate surface area is 128 Å². The molecule has 112 valence electrons. The summed E-state index contributed by atoms with van der Waals surface area (Å²) >= 11 is 0. The standard InChI is InChI=1S/C19H17F2N/c1-11-5-7-12(8-6-11)18-15-4-2-3-14(15)16-9-13(20)10-17(21)19(16)22-18/h2-3,5-10,14-15,18,22H,4H2,1H3/t14?,15?,18-/m1/s1. The second-order valence-electron chi connectivity index (χ2n) is 6.24. The van der Waals surface area contributed by atoms with Crippen LogP contribution in [-0.2, 0) is 0 Å². The molecule has 2 aromatic carbocycles. The van der Waals surface area contributed by atoms with Crippen LogP contribution in [0.3, 0.4) is 0 Å². The minimum absolute atomic E-state index is 0.0491. The van der Waals surface area contributed by atoms with Gasteiger partial charge < -0.3 is 5.32 Å². The van der Waals surface area contributed by atoms with Crippen LogP contribution < -0.4 is 5.32 Å². The van der Waals surface area contributed by atoms with Gasteiger partial charge in [-0.15, -0.1) is 0 Å². The van der Waals surface area contributed by atoms with Crippen molar-refractivity contribution in [2.45, 2.75) is 25.3 Å². The minimum atomic E-state index is -0.508. The molecule has 1 aliphatic carbocycles. The molecule has 0 radical (unpaired) electrons. The zero-order valence-electron chi connectivity index (χ0n) is 12.3. The number of anilines is 1. The molecule has 2 aliphatic rings. The lowest BCUT2D eigenvalue weighted by Gasteiger charge is -2.37. The highest BCUT2D eigenvalue weighted by Crippen LogP contribution is 2.50. The molecule has 0 fully saturated rings. The van der Waals surface area contributed by atoms with Crippen molar-refractivity contribution in [2.24, 2.45) is 5.92 Å². The second-order valence-corrected chi connectivity index (χ2v) is 6.24. The quantitative estimate of drug-likeness (QED) is 0.722. The summed E-state index contributed by atoms with van der Waals surface area (Å²) in [4.78, 5) is 0. The molecule has 0 aromatic heterocycles. The molecular weight excluding hydrogens is 280 g/mol. The number of aryl methyl sites for hydroxylation is 1. The van der Waals surface area contributed by atoms with E-state index in [1.165, 1.54) is 11.6 Å². The van der Waals surface area contributed by atoms with Gasteiger partial charge in [0, 0.05) is 12.0 Å². The van der Waals surface area contributed by atoms with E-state index in [4.69, 9.17) is 0 Å². The third kappa shape index (κ3) is 2.04. The van der Waals surface area contributed by atoms with Crippen LogP contribution in [0.25, 0.3) is 0 Å². The van der Waals surface area contributed by atoms with Crippen molar-refractivity contribution in [2.75, 3.05) is 5.32 Å². The lowest BCUT2D eigenvalue weighted by Crippen LogP contribution is -2.29. The minimum Gasteiger partial charge on any atom is -0.375 e. The topological polar surface area (TPSA) is 12.0 Å². The fourth-order valence-electron chi connectivity index (χ4n) is 3.72. The number of fused-ring (bicyclic) bond motifs is 3. The molecule has 1 N–H and O–H groups in total. The second kappa shape index (κ2) is 4.94. The molecule has 3 heteroatoms. The first-order chi connectivity index (χ1) is 10.6. The molecule has 0 bridgehead atoms. The summed E-state index contributed by atoms with van der Waals surface area (Å²) in [6.45, 7) is 2.05. The molecular formula is C19H17F2N. The van der Waals surface area contributed by atoms with Crippen LogP contribution in [0.15, 0.2) is 48.6 Å². The number of halogens is 2. The average Bonchev–Trinajstić information content (AvgIpc) is 2.97. The summed E-state index contributed by atoms with van der Waals surface area (Å²) in [5.41, 5.74) is 3.53. The number of rotatable bonds is 1. The Balaban J connectivity index is 1.82. The third-order valence-electron chi connectivity index (χ3n) is 4.82. The van der Waals surface area contributed by atoms with Gasteiger partial charge in [-0.1, -0.05) is 42.0 Å². The zero-order chi connectivity index (χ0) is 15.3. The summed E-state index contributed by atoms with van der Waals surface area (Å²) < 4.78 is 27.8. The lowest BCUT2D eigenvalue weighted by molar-refractivity contribution is 0.418. The summed E-state index contributed by atoms with van der Waals surface area (Å²) in [5.74, 6) is -0.638. The van der Waals surface area contributed by atoms with Crippen LogP contribution in [0, 0.1) is 24.5 Å². The number of hydrogen-bond donors (Lipinski definition) is 1. The normalized spacial score (nSPS) is 25.5. The van der Waals surface area contributed by atoms with Crippen molar-refractivity contribution in [3.63, 3.8) is 0 Å².